The fraction of sp³-hybridized carbons (Fsp3) is 0.889. The number of primary amides is 1. The topological polar surface area (TPSA) is 46.3 Å². The lowest BCUT2D eigenvalue weighted by Gasteiger charge is -2.28. The molecular weight excluding hydrogens is 152 g/mol. The third kappa shape index (κ3) is 4.34. The van der Waals surface area contributed by atoms with Crippen LogP contribution in [0.1, 0.15) is 33.6 Å². The van der Waals surface area contributed by atoms with Gasteiger partial charge in [0.15, 0.2) is 0 Å². The van der Waals surface area contributed by atoms with E-state index < -0.39 is 0 Å². The summed E-state index contributed by atoms with van der Waals surface area (Å²) in [6, 6.07) is 0.949. The zero-order chi connectivity index (χ0) is 9.72. The second-order valence-corrected chi connectivity index (χ2v) is 3.61. The summed E-state index contributed by atoms with van der Waals surface area (Å²) in [6.07, 6.45) is 1.34. The van der Waals surface area contributed by atoms with Crippen LogP contribution >= 0.6 is 0 Å². The Bertz CT molecular complexity index is 145. The van der Waals surface area contributed by atoms with Crippen molar-refractivity contribution in [2.45, 2.75) is 45.7 Å². The fourth-order valence-corrected chi connectivity index (χ4v) is 1.06. The number of nitrogens with zero attached hydrogens (tertiary/aromatic N) is 1. The van der Waals surface area contributed by atoms with Gasteiger partial charge in [-0.05, 0) is 34.2 Å². The van der Waals surface area contributed by atoms with Gasteiger partial charge in [-0.15, -0.1) is 0 Å². The molecule has 72 valence electrons. The number of nitrogens with two attached hydrogens (primary N) is 1. The predicted molar refractivity (Wildman–Crippen MR) is 50.8 cm³/mol. The third-order valence-electron chi connectivity index (χ3n) is 2.32. The minimum atomic E-state index is -0.209. The first-order chi connectivity index (χ1) is 5.45. The Morgan fingerprint density at radius 2 is 1.92 bits per heavy atom. The molecule has 0 bridgehead atoms. The largest absolute Gasteiger partial charge is 0.370 e. The van der Waals surface area contributed by atoms with E-state index in [0.717, 1.165) is 6.42 Å². The van der Waals surface area contributed by atoms with Gasteiger partial charge in [-0.25, -0.2) is 0 Å². The summed E-state index contributed by atoms with van der Waals surface area (Å²) in [5.41, 5.74) is 5.06. The van der Waals surface area contributed by atoms with Crippen molar-refractivity contribution in [3.05, 3.63) is 0 Å². The summed E-state index contributed by atoms with van der Waals surface area (Å²) < 4.78 is 0. The SMILES string of the molecule is CC(C)N(C)C(C)CCC(N)=O. The fourth-order valence-electron chi connectivity index (χ4n) is 1.06. The van der Waals surface area contributed by atoms with E-state index in [-0.39, 0.29) is 5.91 Å². The minimum Gasteiger partial charge on any atom is -0.370 e. The van der Waals surface area contributed by atoms with Gasteiger partial charge in [-0.3, -0.25) is 4.79 Å². The molecule has 0 aliphatic carbocycles. The molecule has 0 rings (SSSR count). The van der Waals surface area contributed by atoms with Gasteiger partial charge in [0.05, 0.1) is 0 Å². The highest BCUT2D eigenvalue weighted by atomic mass is 16.1. The average molecular weight is 172 g/mol. The van der Waals surface area contributed by atoms with Gasteiger partial charge in [0.1, 0.15) is 0 Å². The molecule has 0 aromatic heterocycles. The van der Waals surface area contributed by atoms with Gasteiger partial charge in [0, 0.05) is 18.5 Å². The Balaban J connectivity index is 3.71. The van der Waals surface area contributed by atoms with Gasteiger partial charge in [-0.1, -0.05) is 0 Å². The Morgan fingerprint density at radius 3 is 2.25 bits per heavy atom. The van der Waals surface area contributed by atoms with E-state index >= 15 is 0 Å². The van der Waals surface area contributed by atoms with Crippen molar-refractivity contribution in [2.75, 3.05) is 7.05 Å². The summed E-state index contributed by atoms with van der Waals surface area (Å²) >= 11 is 0. The van der Waals surface area contributed by atoms with Gasteiger partial charge in [0.25, 0.3) is 0 Å². The standard InChI is InChI=1S/C9H20N2O/c1-7(2)11(4)8(3)5-6-9(10)12/h7-8H,5-6H2,1-4H3,(H2,10,12). The Hall–Kier alpha value is -0.570. The molecule has 0 saturated heterocycles. The van der Waals surface area contributed by atoms with Crippen molar-refractivity contribution in [1.29, 1.82) is 0 Å². The summed E-state index contributed by atoms with van der Waals surface area (Å²) in [7, 11) is 2.07. The molecular formula is C9H20N2O. The van der Waals surface area contributed by atoms with E-state index in [0.29, 0.717) is 18.5 Å². The van der Waals surface area contributed by atoms with Crippen molar-refractivity contribution in [2.24, 2.45) is 5.73 Å². The number of rotatable bonds is 5. The highest BCUT2D eigenvalue weighted by molar-refractivity contribution is 5.73. The maximum atomic E-state index is 10.5. The highest BCUT2D eigenvalue weighted by Gasteiger charge is 2.12. The third-order valence-corrected chi connectivity index (χ3v) is 2.32. The minimum absolute atomic E-state index is 0.209. The van der Waals surface area contributed by atoms with Crippen LogP contribution in [0.15, 0.2) is 0 Å². The normalized spacial score (nSPS) is 13.8. The predicted octanol–water partition coefficient (Wildman–Crippen LogP) is 0.981. The van der Waals surface area contributed by atoms with Crippen molar-refractivity contribution < 1.29 is 4.79 Å². The number of hydrogen-bond acceptors (Lipinski definition) is 2. The van der Waals surface area contributed by atoms with Crippen molar-refractivity contribution >= 4 is 5.91 Å². The molecule has 3 nitrogen and oxygen atoms in total. The van der Waals surface area contributed by atoms with E-state index in [2.05, 4.69) is 32.7 Å². The van der Waals surface area contributed by atoms with Gasteiger partial charge >= 0.3 is 0 Å². The van der Waals surface area contributed by atoms with Crippen LogP contribution in [-0.4, -0.2) is 29.9 Å². The molecule has 1 atom stereocenters. The van der Waals surface area contributed by atoms with Crippen molar-refractivity contribution in [3.8, 4) is 0 Å². The van der Waals surface area contributed by atoms with Crippen LogP contribution in [0.3, 0.4) is 0 Å². The molecule has 0 radical (unpaired) electrons. The summed E-state index contributed by atoms with van der Waals surface area (Å²) in [6.45, 7) is 6.39. The molecule has 0 aliphatic heterocycles. The lowest BCUT2D eigenvalue weighted by Crippen LogP contribution is -2.35. The number of carbonyl (C=O) groups is 1. The lowest BCUT2D eigenvalue weighted by molar-refractivity contribution is -0.118. The maximum absolute atomic E-state index is 10.5. The number of amides is 1. The second kappa shape index (κ2) is 5.14. The van der Waals surface area contributed by atoms with Crippen LogP contribution in [0, 0.1) is 0 Å². The second-order valence-electron chi connectivity index (χ2n) is 3.61. The van der Waals surface area contributed by atoms with Crippen molar-refractivity contribution in [1.82, 2.24) is 4.90 Å². The quantitative estimate of drug-likeness (QED) is 0.672. The molecule has 0 fully saturated rings. The van der Waals surface area contributed by atoms with Crippen LogP contribution in [0.5, 0.6) is 0 Å². The van der Waals surface area contributed by atoms with Crippen molar-refractivity contribution in [3.63, 3.8) is 0 Å². The molecule has 2 N–H and O–H groups in total. The zero-order valence-corrected chi connectivity index (χ0v) is 8.50. The first-order valence-corrected chi connectivity index (χ1v) is 4.45. The van der Waals surface area contributed by atoms with Crippen LogP contribution < -0.4 is 5.73 Å². The number of hydrogen-bond donors (Lipinski definition) is 1. The smallest absolute Gasteiger partial charge is 0.217 e. The monoisotopic (exact) mass is 172 g/mol. The van der Waals surface area contributed by atoms with Crippen LogP contribution in [0.25, 0.3) is 0 Å². The first-order valence-electron chi connectivity index (χ1n) is 4.45. The van der Waals surface area contributed by atoms with Crippen LogP contribution in [0.4, 0.5) is 0 Å². The lowest BCUT2D eigenvalue weighted by atomic mass is 10.1. The molecule has 0 saturated carbocycles. The summed E-state index contributed by atoms with van der Waals surface area (Å²) in [4.78, 5) is 12.7. The maximum Gasteiger partial charge on any atom is 0.217 e. The van der Waals surface area contributed by atoms with E-state index in [4.69, 9.17) is 5.73 Å². The summed E-state index contributed by atoms with van der Waals surface area (Å²) in [5, 5.41) is 0. The summed E-state index contributed by atoms with van der Waals surface area (Å²) in [5.74, 6) is -0.209. The molecule has 0 aromatic carbocycles. The Kier molecular flexibility index (Phi) is 4.90. The van der Waals surface area contributed by atoms with E-state index in [1.54, 1.807) is 0 Å². The molecule has 12 heavy (non-hydrogen) atoms. The molecule has 1 unspecified atom stereocenters. The Morgan fingerprint density at radius 1 is 1.42 bits per heavy atom. The van der Waals surface area contributed by atoms with Gasteiger partial charge in [0.2, 0.25) is 5.91 Å². The van der Waals surface area contributed by atoms with Gasteiger partial charge < -0.3 is 10.6 Å². The molecule has 0 heterocycles. The van der Waals surface area contributed by atoms with E-state index in [1.807, 2.05) is 0 Å². The molecule has 0 aliphatic rings. The first kappa shape index (κ1) is 11.4. The van der Waals surface area contributed by atoms with Gasteiger partial charge in [-0.2, -0.15) is 0 Å². The zero-order valence-electron chi connectivity index (χ0n) is 8.50. The molecule has 1 amide bonds. The highest BCUT2D eigenvalue weighted by Crippen LogP contribution is 2.07. The van der Waals surface area contributed by atoms with E-state index in [1.165, 1.54) is 0 Å². The molecule has 0 aromatic rings. The Labute approximate surface area is 74.9 Å². The molecule has 3 heteroatoms. The van der Waals surface area contributed by atoms with Crippen LogP contribution in [-0.2, 0) is 4.79 Å². The number of carbonyl (C=O) groups excluding carboxylic acids is 1. The van der Waals surface area contributed by atoms with E-state index in [9.17, 15) is 4.79 Å². The molecule has 0 spiro atoms. The average Bonchev–Trinajstić information content (AvgIpc) is 1.98. The van der Waals surface area contributed by atoms with Crippen LogP contribution in [0.2, 0.25) is 0 Å².